The van der Waals surface area contributed by atoms with Crippen molar-refractivity contribution in [2.24, 2.45) is 0 Å². The number of nitrogens with zero attached hydrogens (tertiary/aromatic N) is 1. The second-order valence-electron chi connectivity index (χ2n) is 5.37. The molecule has 1 heterocycles. The van der Waals surface area contributed by atoms with Gasteiger partial charge in [0.25, 0.3) is 0 Å². The SMILES string of the molecule is Cc1c(C(=O)O)n(O)c2cc(-c3ccccc3)cc(C(F)(F)F)c12. The molecule has 124 valence electrons. The first-order chi connectivity index (χ1) is 11.2. The van der Waals surface area contributed by atoms with E-state index in [9.17, 15) is 23.2 Å². The van der Waals surface area contributed by atoms with Crippen LogP contribution in [0.1, 0.15) is 21.6 Å². The van der Waals surface area contributed by atoms with Crippen molar-refractivity contribution in [2.75, 3.05) is 0 Å². The van der Waals surface area contributed by atoms with Crippen LogP contribution in [0.25, 0.3) is 22.0 Å². The third-order valence-corrected chi connectivity index (χ3v) is 3.90. The zero-order valence-corrected chi connectivity index (χ0v) is 12.4. The Bertz CT molecular complexity index is 943. The zero-order valence-electron chi connectivity index (χ0n) is 12.4. The minimum atomic E-state index is -4.69. The van der Waals surface area contributed by atoms with Gasteiger partial charge in [0.1, 0.15) is 0 Å². The van der Waals surface area contributed by atoms with E-state index >= 15 is 0 Å². The molecule has 4 nitrogen and oxygen atoms in total. The lowest BCUT2D eigenvalue weighted by Gasteiger charge is -2.12. The molecule has 0 aliphatic carbocycles. The number of aromatic nitrogens is 1. The van der Waals surface area contributed by atoms with Crippen LogP contribution >= 0.6 is 0 Å². The summed E-state index contributed by atoms with van der Waals surface area (Å²) in [6, 6.07) is 10.7. The van der Waals surface area contributed by atoms with Gasteiger partial charge in [0.15, 0.2) is 5.69 Å². The zero-order chi connectivity index (χ0) is 17.6. The molecule has 24 heavy (non-hydrogen) atoms. The molecule has 2 N–H and O–H groups in total. The molecule has 0 bridgehead atoms. The molecule has 7 heteroatoms. The van der Waals surface area contributed by atoms with Crippen molar-refractivity contribution in [1.29, 1.82) is 0 Å². The first-order valence-corrected chi connectivity index (χ1v) is 6.96. The smallest absolute Gasteiger partial charge is 0.417 e. The summed E-state index contributed by atoms with van der Waals surface area (Å²) >= 11 is 0. The summed E-state index contributed by atoms with van der Waals surface area (Å²) in [4.78, 5) is 11.3. The maximum absolute atomic E-state index is 13.5. The van der Waals surface area contributed by atoms with Crippen LogP contribution in [0.5, 0.6) is 0 Å². The summed E-state index contributed by atoms with van der Waals surface area (Å²) < 4.78 is 40.8. The Labute approximate surface area is 134 Å². The molecule has 0 saturated carbocycles. The Balaban J connectivity index is 2.45. The molecule has 0 amide bonds. The van der Waals surface area contributed by atoms with Gasteiger partial charge < -0.3 is 10.3 Å². The van der Waals surface area contributed by atoms with Crippen molar-refractivity contribution in [1.82, 2.24) is 4.73 Å². The Kier molecular flexibility index (Phi) is 3.51. The first kappa shape index (κ1) is 15.9. The molecule has 0 aliphatic heterocycles. The highest BCUT2D eigenvalue weighted by atomic mass is 19.4. The predicted molar refractivity (Wildman–Crippen MR) is 81.3 cm³/mol. The van der Waals surface area contributed by atoms with Gasteiger partial charge in [-0.1, -0.05) is 30.3 Å². The molecule has 0 aliphatic rings. The highest BCUT2D eigenvalue weighted by molar-refractivity contribution is 6.00. The average molecular weight is 335 g/mol. The average Bonchev–Trinajstić information content (AvgIpc) is 2.78. The minimum absolute atomic E-state index is 0.132. The number of rotatable bonds is 2. The van der Waals surface area contributed by atoms with Gasteiger partial charge in [0, 0.05) is 5.39 Å². The molecule has 0 unspecified atom stereocenters. The van der Waals surface area contributed by atoms with Gasteiger partial charge in [-0.25, -0.2) is 4.79 Å². The number of hydrogen-bond acceptors (Lipinski definition) is 2. The van der Waals surface area contributed by atoms with Crippen LogP contribution < -0.4 is 0 Å². The van der Waals surface area contributed by atoms with Gasteiger partial charge in [-0.05, 0) is 35.7 Å². The van der Waals surface area contributed by atoms with Gasteiger partial charge in [0.2, 0.25) is 0 Å². The van der Waals surface area contributed by atoms with Crippen molar-refractivity contribution >= 4 is 16.9 Å². The van der Waals surface area contributed by atoms with E-state index in [1.54, 1.807) is 30.3 Å². The van der Waals surface area contributed by atoms with Crippen molar-refractivity contribution in [3.8, 4) is 11.1 Å². The minimum Gasteiger partial charge on any atom is -0.476 e. The normalized spacial score (nSPS) is 11.8. The fourth-order valence-electron chi connectivity index (χ4n) is 2.86. The molecular formula is C17H12F3NO3. The summed E-state index contributed by atoms with van der Waals surface area (Å²) in [5.41, 5.74) is -1.13. The van der Waals surface area contributed by atoms with Crippen molar-refractivity contribution < 1.29 is 28.3 Å². The maximum Gasteiger partial charge on any atom is 0.417 e. The standard InChI is InChI=1S/C17H12F3NO3/c1-9-14-12(17(18,19)20)7-11(10-5-3-2-4-6-10)8-13(14)21(24)15(9)16(22)23/h2-8,24H,1H3,(H,22,23). The summed E-state index contributed by atoms with van der Waals surface area (Å²) in [5.74, 6) is -1.50. The van der Waals surface area contributed by atoms with Gasteiger partial charge in [0.05, 0.1) is 11.1 Å². The van der Waals surface area contributed by atoms with Gasteiger partial charge in [-0.15, -0.1) is 0 Å². The second kappa shape index (κ2) is 5.30. The number of halogens is 3. The number of carboxylic acids is 1. The number of aromatic carboxylic acids is 1. The van der Waals surface area contributed by atoms with E-state index in [2.05, 4.69) is 0 Å². The molecular weight excluding hydrogens is 323 g/mol. The maximum atomic E-state index is 13.5. The van der Waals surface area contributed by atoms with E-state index < -0.39 is 23.4 Å². The summed E-state index contributed by atoms with van der Waals surface area (Å²) in [7, 11) is 0. The van der Waals surface area contributed by atoms with Crippen LogP contribution in [0, 0.1) is 6.92 Å². The van der Waals surface area contributed by atoms with Crippen molar-refractivity contribution in [3.05, 3.63) is 59.3 Å². The summed E-state index contributed by atoms with van der Waals surface area (Å²) in [6.07, 6.45) is -4.69. The topological polar surface area (TPSA) is 62.5 Å². The number of alkyl halides is 3. The number of carbonyl (C=O) groups is 1. The van der Waals surface area contributed by atoms with Crippen LogP contribution in [0.4, 0.5) is 13.2 Å². The van der Waals surface area contributed by atoms with Crippen LogP contribution in [0.2, 0.25) is 0 Å². The monoisotopic (exact) mass is 335 g/mol. The van der Waals surface area contributed by atoms with Crippen LogP contribution in [0.15, 0.2) is 42.5 Å². The molecule has 3 aromatic rings. The molecule has 0 radical (unpaired) electrons. The number of fused-ring (bicyclic) bond motifs is 1. The Morgan fingerprint density at radius 1 is 1.08 bits per heavy atom. The first-order valence-electron chi connectivity index (χ1n) is 6.96. The number of hydrogen-bond donors (Lipinski definition) is 2. The molecule has 0 saturated heterocycles. The van der Waals surface area contributed by atoms with E-state index in [-0.39, 0.29) is 22.0 Å². The molecule has 3 rings (SSSR count). The Morgan fingerprint density at radius 3 is 2.25 bits per heavy atom. The number of aryl methyl sites for hydroxylation is 1. The quantitative estimate of drug-likeness (QED) is 0.674. The molecule has 1 aromatic heterocycles. The van der Waals surface area contributed by atoms with Crippen LogP contribution in [-0.4, -0.2) is 21.0 Å². The highest BCUT2D eigenvalue weighted by Crippen LogP contribution is 2.41. The Hall–Kier alpha value is -2.96. The second-order valence-corrected chi connectivity index (χ2v) is 5.37. The van der Waals surface area contributed by atoms with E-state index in [0.29, 0.717) is 10.3 Å². The lowest BCUT2D eigenvalue weighted by molar-refractivity contribution is -0.136. The largest absolute Gasteiger partial charge is 0.476 e. The third-order valence-electron chi connectivity index (χ3n) is 3.90. The van der Waals surface area contributed by atoms with Gasteiger partial charge in [-0.2, -0.15) is 17.9 Å². The van der Waals surface area contributed by atoms with E-state index in [1.807, 2.05) is 0 Å². The van der Waals surface area contributed by atoms with Crippen LogP contribution in [0.3, 0.4) is 0 Å². The van der Waals surface area contributed by atoms with E-state index in [4.69, 9.17) is 5.11 Å². The van der Waals surface area contributed by atoms with E-state index in [0.717, 1.165) is 6.07 Å². The van der Waals surface area contributed by atoms with Crippen LogP contribution in [-0.2, 0) is 6.18 Å². The predicted octanol–water partition coefficient (Wildman–Crippen LogP) is 4.57. The van der Waals surface area contributed by atoms with Gasteiger partial charge in [-0.3, -0.25) is 0 Å². The van der Waals surface area contributed by atoms with E-state index in [1.165, 1.54) is 13.0 Å². The fourth-order valence-corrected chi connectivity index (χ4v) is 2.86. The lowest BCUT2D eigenvalue weighted by atomic mass is 9.98. The molecule has 2 aromatic carbocycles. The fraction of sp³-hybridized carbons (Fsp3) is 0.118. The molecule has 0 spiro atoms. The summed E-state index contributed by atoms with van der Waals surface area (Å²) in [6.45, 7) is 1.25. The van der Waals surface area contributed by atoms with Gasteiger partial charge >= 0.3 is 12.1 Å². The summed E-state index contributed by atoms with van der Waals surface area (Å²) in [5, 5.41) is 18.9. The molecule has 0 atom stereocenters. The van der Waals surface area contributed by atoms with Crippen molar-refractivity contribution in [2.45, 2.75) is 13.1 Å². The number of benzene rings is 2. The number of carboxylic acid groups (broad SMARTS) is 1. The van der Waals surface area contributed by atoms with Crippen molar-refractivity contribution in [3.63, 3.8) is 0 Å². The highest BCUT2D eigenvalue weighted by Gasteiger charge is 2.36. The third kappa shape index (κ3) is 2.38. The lowest BCUT2D eigenvalue weighted by Crippen LogP contribution is -2.06. The Morgan fingerprint density at radius 2 is 1.71 bits per heavy atom. The molecule has 0 fully saturated rings.